The molecule has 0 fully saturated rings. The van der Waals surface area contributed by atoms with E-state index >= 15 is 0 Å². The summed E-state index contributed by atoms with van der Waals surface area (Å²) in [5, 5.41) is 28.6. The molecule has 210 valence electrons. The van der Waals surface area contributed by atoms with Crippen LogP contribution in [0.1, 0.15) is 0 Å². The Labute approximate surface area is 257 Å². The van der Waals surface area contributed by atoms with Crippen molar-refractivity contribution >= 4 is 74.4 Å². The van der Waals surface area contributed by atoms with Gasteiger partial charge in [-0.05, 0) is 81.5 Å². The summed E-state index contributed by atoms with van der Waals surface area (Å²) >= 11 is 6.58. The molecule has 6 heteroatoms. The largest absolute Gasteiger partial charge is 0.707 e. The van der Waals surface area contributed by atoms with Crippen LogP contribution in [0.25, 0.3) is 32.3 Å². The van der Waals surface area contributed by atoms with Crippen LogP contribution in [0.5, 0.6) is 5.75 Å². The van der Waals surface area contributed by atoms with Crippen LogP contribution in [0.15, 0.2) is 158 Å². The van der Waals surface area contributed by atoms with Gasteiger partial charge in [0.25, 0.3) is 0 Å². The first-order chi connectivity index (χ1) is 21.1. The third-order valence-corrected chi connectivity index (χ3v) is 12.7. The number of fused-ring (bicyclic) bond motifs is 4. The van der Waals surface area contributed by atoms with Crippen LogP contribution in [-0.4, -0.2) is 23.0 Å². The molecular formula is C37H30BClO3P+. The number of rotatable bonds is 6. The number of hydrogen-bond donors (Lipinski definition) is 2. The van der Waals surface area contributed by atoms with E-state index in [1.807, 2.05) is 30.3 Å². The molecule has 0 aliphatic heterocycles. The van der Waals surface area contributed by atoms with Crippen LogP contribution >= 0.6 is 18.9 Å². The Bertz CT molecular complexity index is 1870. The van der Waals surface area contributed by atoms with Crippen molar-refractivity contribution in [3.8, 4) is 5.75 Å². The van der Waals surface area contributed by atoms with Gasteiger partial charge in [0.1, 0.15) is 34.5 Å². The molecule has 0 aliphatic rings. The van der Waals surface area contributed by atoms with Gasteiger partial charge in [-0.1, -0.05) is 115 Å². The Morgan fingerprint density at radius 3 is 1.49 bits per heavy atom. The highest BCUT2D eigenvalue weighted by molar-refractivity contribution is 7.96. The molecule has 0 aromatic heterocycles. The van der Waals surface area contributed by atoms with E-state index in [1.54, 1.807) is 6.07 Å². The van der Waals surface area contributed by atoms with Crippen molar-refractivity contribution < 1.29 is 14.7 Å². The summed E-state index contributed by atoms with van der Waals surface area (Å²) < 4.78 is 5.16. The van der Waals surface area contributed by atoms with Gasteiger partial charge in [0, 0.05) is 5.39 Å². The Morgan fingerprint density at radius 2 is 0.977 bits per heavy atom. The highest BCUT2D eigenvalue weighted by Crippen LogP contribution is 2.55. The average molecular weight is 600 g/mol. The second-order valence-electron chi connectivity index (χ2n) is 10.2. The summed E-state index contributed by atoms with van der Waals surface area (Å²) in [5.41, 5.74) is 0.616. The van der Waals surface area contributed by atoms with Gasteiger partial charge < -0.3 is 14.7 Å². The van der Waals surface area contributed by atoms with E-state index in [-0.39, 0.29) is 0 Å². The lowest BCUT2D eigenvalue weighted by atomic mass is 9.97. The van der Waals surface area contributed by atoms with Gasteiger partial charge in [-0.15, -0.1) is 0 Å². The molecule has 0 aliphatic carbocycles. The minimum Gasteiger partial charge on any atom is -0.511 e. The fourth-order valence-electron chi connectivity index (χ4n) is 5.68. The molecular weight excluding hydrogens is 570 g/mol. The topological polar surface area (TPSA) is 49.7 Å². The third-order valence-electron chi connectivity index (χ3n) is 7.69. The number of halogens is 1. The van der Waals surface area contributed by atoms with E-state index in [2.05, 4.69) is 121 Å². The predicted octanol–water partition coefficient (Wildman–Crippen LogP) is 7.67. The van der Waals surface area contributed by atoms with E-state index in [0.29, 0.717) is 11.4 Å². The highest BCUT2D eigenvalue weighted by atomic mass is 35.5. The molecule has 7 aromatic carbocycles. The standard InChI is InChI=1S/C19H17ClP.C18H13BO3/c20-16-21(17-10-4-1-5-11-17,18-12-6-2-7-13-18)19-14-8-3-9-15-19;20-19(21)22-17-7-3-6-12-8-9-15-10-13-4-1-2-5-14(13)11-16(15)18(12)17/h1-15H,16H2;1-11,20-21H/q+1;. The molecule has 7 aromatic rings. The van der Waals surface area contributed by atoms with Gasteiger partial charge in [-0.3, -0.25) is 0 Å². The van der Waals surface area contributed by atoms with Gasteiger partial charge in [-0.25, -0.2) is 0 Å². The Balaban J connectivity index is 0.000000153. The third kappa shape index (κ3) is 5.88. The summed E-state index contributed by atoms with van der Waals surface area (Å²) in [4.78, 5) is 0. The molecule has 7 rings (SSSR count). The maximum absolute atomic E-state index is 9.14. The first-order valence-corrected chi connectivity index (χ1v) is 16.6. The van der Waals surface area contributed by atoms with Gasteiger partial charge in [0.15, 0.2) is 0 Å². The molecule has 0 spiro atoms. The fourth-order valence-corrected chi connectivity index (χ4v) is 10.3. The zero-order valence-corrected chi connectivity index (χ0v) is 25.1. The molecule has 2 N–H and O–H groups in total. The zero-order valence-electron chi connectivity index (χ0n) is 23.4. The van der Waals surface area contributed by atoms with Crippen molar-refractivity contribution in [2.75, 3.05) is 5.62 Å². The SMILES string of the molecule is ClC[P+](c1ccccc1)(c1ccccc1)c1ccccc1.OB(O)Oc1cccc2ccc3cc4ccccc4cc3c12. The zero-order chi connectivity index (χ0) is 29.6. The van der Waals surface area contributed by atoms with Crippen molar-refractivity contribution in [1.82, 2.24) is 0 Å². The average Bonchev–Trinajstić information content (AvgIpc) is 3.06. The molecule has 0 saturated heterocycles. The van der Waals surface area contributed by atoms with Crippen LogP contribution in [0.3, 0.4) is 0 Å². The van der Waals surface area contributed by atoms with E-state index < -0.39 is 14.6 Å². The summed E-state index contributed by atoms with van der Waals surface area (Å²) in [5.74, 6) is 0.466. The summed E-state index contributed by atoms with van der Waals surface area (Å²) in [6.45, 7) is 0. The minimum atomic E-state index is -1.83. The first-order valence-electron chi connectivity index (χ1n) is 14.1. The first kappa shape index (κ1) is 28.9. The van der Waals surface area contributed by atoms with Crippen molar-refractivity contribution in [1.29, 1.82) is 0 Å². The van der Waals surface area contributed by atoms with Gasteiger partial charge >= 0.3 is 7.32 Å². The van der Waals surface area contributed by atoms with Gasteiger partial charge in [-0.2, -0.15) is 0 Å². The molecule has 3 nitrogen and oxygen atoms in total. The van der Waals surface area contributed by atoms with Crippen LogP contribution in [-0.2, 0) is 0 Å². The monoisotopic (exact) mass is 599 g/mol. The van der Waals surface area contributed by atoms with E-state index in [9.17, 15) is 0 Å². The molecule has 43 heavy (non-hydrogen) atoms. The lowest BCUT2D eigenvalue weighted by molar-refractivity contribution is 0.289. The smallest absolute Gasteiger partial charge is 0.511 e. The maximum Gasteiger partial charge on any atom is 0.707 e. The van der Waals surface area contributed by atoms with E-state index in [4.69, 9.17) is 26.3 Å². The summed E-state index contributed by atoms with van der Waals surface area (Å²) in [6.07, 6.45) is 0. The summed E-state index contributed by atoms with van der Waals surface area (Å²) in [6, 6.07) is 54.1. The van der Waals surface area contributed by atoms with Crippen LogP contribution in [0, 0.1) is 0 Å². The molecule has 0 atom stereocenters. The molecule has 0 saturated carbocycles. The van der Waals surface area contributed by atoms with E-state index in [1.165, 1.54) is 21.3 Å². The normalized spacial score (nSPS) is 11.2. The van der Waals surface area contributed by atoms with Gasteiger partial charge in [0.05, 0.1) is 0 Å². The number of hydrogen-bond acceptors (Lipinski definition) is 3. The van der Waals surface area contributed by atoms with Gasteiger partial charge in [0.2, 0.25) is 0 Å². The maximum atomic E-state index is 9.14. The molecule has 0 unspecified atom stereocenters. The van der Waals surface area contributed by atoms with Crippen LogP contribution in [0.4, 0.5) is 0 Å². The van der Waals surface area contributed by atoms with Crippen molar-refractivity contribution in [2.24, 2.45) is 0 Å². The Morgan fingerprint density at radius 1 is 0.512 bits per heavy atom. The second kappa shape index (κ2) is 13.0. The predicted molar refractivity (Wildman–Crippen MR) is 186 cm³/mol. The van der Waals surface area contributed by atoms with Crippen molar-refractivity contribution in [3.05, 3.63) is 158 Å². The minimum absolute atomic E-state index is 0.466. The number of benzene rings is 7. The Hall–Kier alpha value is -4.18. The molecule has 0 heterocycles. The van der Waals surface area contributed by atoms with Crippen molar-refractivity contribution in [2.45, 2.75) is 0 Å². The Kier molecular flexibility index (Phi) is 8.74. The summed E-state index contributed by atoms with van der Waals surface area (Å²) in [7, 11) is -3.60. The molecule has 0 amide bonds. The highest BCUT2D eigenvalue weighted by Gasteiger charge is 2.44. The molecule has 0 bridgehead atoms. The second-order valence-corrected chi connectivity index (χ2v) is 14.3. The number of alkyl halides is 1. The van der Waals surface area contributed by atoms with Crippen LogP contribution in [0.2, 0.25) is 0 Å². The lowest BCUT2D eigenvalue weighted by Gasteiger charge is -2.25. The lowest BCUT2D eigenvalue weighted by Crippen LogP contribution is -2.32. The molecule has 0 radical (unpaired) electrons. The van der Waals surface area contributed by atoms with Crippen molar-refractivity contribution in [3.63, 3.8) is 0 Å². The quantitative estimate of drug-likeness (QED) is 0.0678. The van der Waals surface area contributed by atoms with E-state index in [0.717, 1.165) is 26.9 Å². The van der Waals surface area contributed by atoms with Crippen LogP contribution < -0.4 is 20.6 Å². The fraction of sp³-hybridized carbons (Fsp3) is 0.0270.